The molecule has 0 amide bonds. The topological polar surface area (TPSA) is 61.6 Å². The molecule has 0 aliphatic rings. The number of non-ortho nitro benzene ring substituents is 1. The number of hydrogen-bond acceptors (Lipinski definition) is 4. The summed E-state index contributed by atoms with van der Waals surface area (Å²) in [5.74, 6) is 0.390. The van der Waals surface area contributed by atoms with E-state index < -0.39 is 4.92 Å². The quantitative estimate of drug-likeness (QED) is 0.474. The summed E-state index contributed by atoms with van der Waals surface area (Å²) in [6.45, 7) is 0.0553. The molecule has 0 atom stereocenters. The third-order valence-corrected chi connectivity index (χ3v) is 2.11. The second-order valence-corrected chi connectivity index (χ2v) is 3.28. The Morgan fingerprint density at radius 3 is 2.86 bits per heavy atom. The van der Waals surface area contributed by atoms with Crippen LogP contribution in [0.3, 0.4) is 0 Å². The van der Waals surface area contributed by atoms with Crippen LogP contribution in [0.2, 0.25) is 0 Å². The Morgan fingerprint density at radius 2 is 2.29 bits per heavy atom. The molecule has 14 heavy (non-hydrogen) atoms. The number of nitro benzene ring substituents is 1. The molecule has 1 aromatic carbocycles. The number of nitrogens with zero attached hydrogens (tertiary/aromatic N) is 1. The molecule has 76 valence electrons. The zero-order valence-corrected chi connectivity index (χ0v) is 8.98. The number of benzene rings is 1. The van der Waals surface area contributed by atoms with Gasteiger partial charge in [-0.05, 0) is 22.0 Å². The number of methoxy groups -OCH3 is 1. The van der Waals surface area contributed by atoms with Crippen molar-refractivity contribution in [2.24, 2.45) is 0 Å². The zero-order chi connectivity index (χ0) is 10.6. The van der Waals surface area contributed by atoms with Crippen molar-refractivity contribution in [3.05, 3.63) is 32.8 Å². The van der Waals surface area contributed by atoms with E-state index in [1.165, 1.54) is 19.2 Å². The van der Waals surface area contributed by atoms with Crippen LogP contribution < -0.4 is 4.74 Å². The standard InChI is InChI=1S/C8H8BrNO4/c1-13-5-14-8-4-6(10(11)12)2-3-7(8)9/h2-4H,5H2,1H3. The Balaban J connectivity index is 2.90. The second-order valence-electron chi connectivity index (χ2n) is 2.42. The Bertz CT molecular complexity index is 342. The Morgan fingerprint density at radius 1 is 1.57 bits per heavy atom. The number of hydrogen-bond donors (Lipinski definition) is 0. The number of rotatable bonds is 4. The molecule has 0 saturated carbocycles. The van der Waals surface area contributed by atoms with Gasteiger partial charge in [-0.1, -0.05) is 0 Å². The smallest absolute Gasteiger partial charge is 0.273 e. The summed E-state index contributed by atoms with van der Waals surface area (Å²) < 4.78 is 10.4. The van der Waals surface area contributed by atoms with Crippen LogP contribution in [-0.4, -0.2) is 18.8 Å². The zero-order valence-electron chi connectivity index (χ0n) is 7.40. The van der Waals surface area contributed by atoms with Crippen LogP contribution in [0.4, 0.5) is 5.69 Å². The monoisotopic (exact) mass is 261 g/mol. The third kappa shape index (κ3) is 2.68. The highest BCUT2D eigenvalue weighted by Crippen LogP contribution is 2.29. The van der Waals surface area contributed by atoms with Crippen molar-refractivity contribution in [3.8, 4) is 5.75 Å². The van der Waals surface area contributed by atoms with Gasteiger partial charge in [0.15, 0.2) is 6.79 Å². The average Bonchev–Trinajstić information content (AvgIpc) is 2.16. The fraction of sp³-hybridized carbons (Fsp3) is 0.250. The minimum Gasteiger partial charge on any atom is -0.466 e. The first-order chi connectivity index (χ1) is 6.65. The highest BCUT2D eigenvalue weighted by molar-refractivity contribution is 9.10. The summed E-state index contributed by atoms with van der Waals surface area (Å²) in [5, 5.41) is 10.4. The Labute approximate surface area is 88.9 Å². The molecular formula is C8H8BrNO4. The van der Waals surface area contributed by atoms with E-state index in [0.717, 1.165) is 0 Å². The molecule has 0 aromatic heterocycles. The van der Waals surface area contributed by atoms with Crippen molar-refractivity contribution in [1.82, 2.24) is 0 Å². The SMILES string of the molecule is COCOc1cc([N+](=O)[O-])ccc1Br. The number of ether oxygens (including phenoxy) is 2. The summed E-state index contributed by atoms with van der Waals surface area (Å²) in [7, 11) is 1.48. The lowest BCUT2D eigenvalue weighted by molar-refractivity contribution is -0.385. The predicted molar refractivity (Wildman–Crippen MR) is 53.3 cm³/mol. The van der Waals surface area contributed by atoms with Crippen molar-refractivity contribution in [3.63, 3.8) is 0 Å². The van der Waals surface area contributed by atoms with E-state index in [1.54, 1.807) is 6.07 Å². The molecule has 1 aromatic rings. The molecule has 0 aliphatic heterocycles. The van der Waals surface area contributed by atoms with Gasteiger partial charge in [-0.15, -0.1) is 0 Å². The van der Waals surface area contributed by atoms with Crippen LogP contribution in [0.15, 0.2) is 22.7 Å². The predicted octanol–water partition coefficient (Wildman–Crippen LogP) is 2.34. The largest absolute Gasteiger partial charge is 0.466 e. The molecule has 1 rings (SSSR count). The van der Waals surface area contributed by atoms with Gasteiger partial charge < -0.3 is 9.47 Å². The Kier molecular flexibility index (Phi) is 3.84. The summed E-state index contributed by atoms with van der Waals surface area (Å²) >= 11 is 3.21. The van der Waals surface area contributed by atoms with E-state index >= 15 is 0 Å². The van der Waals surface area contributed by atoms with Crippen molar-refractivity contribution in [1.29, 1.82) is 0 Å². The summed E-state index contributed by atoms with van der Waals surface area (Å²) in [6, 6.07) is 4.29. The molecule has 0 saturated heterocycles. The highest BCUT2D eigenvalue weighted by Gasteiger charge is 2.09. The lowest BCUT2D eigenvalue weighted by Crippen LogP contribution is -2.00. The molecular weight excluding hydrogens is 254 g/mol. The molecule has 0 unspecified atom stereocenters. The van der Waals surface area contributed by atoms with Gasteiger partial charge in [0.25, 0.3) is 5.69 Å². The van der Waals surface area contributed by atoms with Crippen molar-refractivity contribution in [2.45, 2.75) is 0 Å². The third-order valence-electron chi connectivity index (χ3n) is 1.46. The maximum absolute atomic E-state index is 10.4. The lowest BCUT2D eigenvalue weighted by Gasteiger charge is -2.05. The van der Waals surface area contributed by atoms with Gasteiger partial charge in [0.1, 0.15) is 5.75 Å². The molecule has 5 nitrogen and oxygen atoms in total. The van der Waals surface area contributed by atoms with E-state index in [2.05, 4.69) is 20.7 Å². The van der Waals surface area contributed by atoms with Crippen LogP contribution in [0.5, 0.6) is 5.75 Å². The molecule has 0 fully saturated rings. The minimum atomic E-state index is -0.480. The first kappa shape index (κ1) is 10.9. The summed E-state index contributed by atoms with van der Waals surface area (Å²) in [6.07, 6.45) is 0. The van der Waals surface area contributed by atoms with Gasteiger partial charge in [0.05, 0.1) is 15.5 Å². The molecule has 0 N–H and O–H groups in total. The lowest BCUT2D eigenvalue weighted by atomic mass is 10.3. The van der Waals surface area contributed by atoms with Gasteiger partial charge in [0, 0.05) is 13.2 Å². The van der Waals surface area contributed by atoms with E-state index in [-0.39, 0.29) is 12.5 Å². The van der Waals surface area contributed by atoms with Crippen LogP contribution in [0.25, 0.3) is 0 Å². The molecule has 0 radical (unpaired) electrons. The molecule has 0 heterocycles. The number of nitro groups is 1. The molecule has 0 spiro atoms. The van der Waals surface area contributed by atoms with Gasteiger partial charge in [-0.25, -0.2) is 0 Å². The van der Waals surface area contributed by atoms with Crippen molar-refractivity contribution in [2.75, 3.05) is 13.9 Å². The van der Waals surface area contributed by atoms with Crippen LogP contribution in [-0.2, 0) is 4.74 Å². The van der Waals surface area contributed by atoms with Crippen molar-refractivity contribution < 1.29 is 14.4 Å². The van der Waals surface area contributed by atoms with Gasteiger partial charge in [-0.2, -0.15) is 0 Å². The number of halogens is 1. The van der Waals surface area contributed by atoms with Gasteiger partial charge >= 0.3 is 0 Å². The molecule has 0 aliphatic carbocycles. The average molecular weight is 262 g/mol. The van der Waals surface area contributed by atoms with Crippen molar-refractivity contribution >= 4 is 21.6 Å². The van der Waals surface area contributed by atoms with E-state index in [4.69, 9.17) is 4.74 Å². The normalized spacial score (nSPS) is 9.86. The van der Waals surface area contributed by atoms with Crippen LogP contribution >= 0.6 is 15.9 Å². The highest BCUT2D eigenvalue weighted by atomic mass is 79.9. The van der Waals surface area contributed by atoms with Gasteiger partial charge in [-0.3, -0.25) is 10.1 Å². The fourth-order valence-corrected chi connectivity index (χ4v) is 1.20. The van der Waals surface area contributed by atoms with Gasteiger partial charge in [0.2, 0.25) is 0 Å². The maximum Gasteiger partial charge on any atom is 0.273 e. The first-order valence-electron chi connectivity index (χ1n) is 3.71. The van der Waals surface area contributed by atoms with Crippen LogP contribution in [0, 0.1) is 10.1 Å². The van der Waals surface area contributed by atoms with E-state index in [1.807, 2.05) is 0 Å². The Hall–Kier alpha value is -1.14. The molecule has 0 bridgehead atoms. The fourth-order valence-electron chi connectivity index (χ4n) is 0.839. The van der Waals surface area contributed by atoms with Crippen LogP contribution in [0.1, 0.15) is 0 Å². The van der Waals surface area contributed by atoms with E-state index in [0.29, 0.717) is 10.2 Å². The maximum atomic E-state index is 10.4. The molecule has 6 heteroatoms. The minimum absolute atomic E-state index is 0.0145. The first-order valence-corrected chi connectivity index (χ1v) is 4.50. The summed E-state index contributed by atoms with van der Waals surface area (Å²) in [5.41, 5.74) is -0.0145. The van der Waals surface area contributed by atoms with E-state index in [9.17, 15) is 10.1 Å². The summed E-state index contributed by atoms with van der Waals surface area (Å²) in [4.78, 5) is 9.96. The second kappa shape index (κ2) is 4.92.